The second-order valence-electron chi connectivity index (χ2n) is 6.63. The molecule has 0 aliphatic rings. The van der Waals surface area contributed by atoms with Crippen LogP contribution in [0, 0.1) is 0 Å². The van der Waals surface area contributed by atoms with Gasteiger partial charge in [-0.1, -0.05) is 85.8 Å². The molecule has 0 saturated heterocycles. The van der Waals surface area contributed by atoms with Gasteiger partial charge in [0, 0.05) is 23.1 Å². The molecule has 3 rings (SSSR count). The maximum absolute atomic E-state index is 12.9. The Morgan fingerprint density at radius 3 is 2.00 bits per heavy atom. The lowest BCUT2D eigenvalue weighted by Crippen LogP contribution is -2.08. The van der Waals surface area contributed by atoms with E-state index in [0.29, 0.717) is 12.0 Å². The highest BCUT2D eigenvalue weighted by Crippen LogP contribution is 2.21. The van der Waals surface area contributed by atoms with E-state index in [-0.39, 0.29) is 11.6 Å². The van der Waals surface area contributed by atoms with Gasteiger partial charge in [-0.3, -0.25) is 9.59 Å². The Labute approximate surface area is 160 Å². The number of carbonyl (C=O) groups is 2. The van der Waals surface area contributed by atoms with Gasteiger partial charge in [-0.25, -0.2) is 0 Å². The summed E-state index contributed by atoms with van der Waals surface area (Å²) >= 11 is 0. The van der Waals surface area contributed by atoms with Crippen LogP contribution >= 0.6 is 0 Å². The van der Waals surface area contributed by atoms with Crippen molar-refractivity contribution in [1.82, 2.24) is 0 Å². The molecule has 0 aliphatic heterocycles. The molecule has 2 nitrogen and oxygen atoms in total. The van der Waals surface area contributed by atoms with E-state index in [2.05, 4.69) is 13.0 Å². The normalized spacial score (nSPS) is 10.6. The largest absolute Gasteiger partial charge is 0.294 e. The van der Waals surface area contributed by atoms with Gasteiger partial charge in [0.2, 0.25) is 0 Å². The molecular formula is C25H24O2. The standard InChI is InChI=1S/C25H24O2/c1-2-22-19(16-10-18-24(26)20-11-5-3-6-12-20)15-9-17-23(22)25(27)21-13-7-4-8-14-21/h3-9,11-15,17H,2,10,16,18H2,1H3. The summed E-state index contributed by atoms with van der Waals surface area (Å²) in [4.78, 5) is 25.2. The molecular weight excluding hydrogens is 332 g/mol. The highest BCUT2D eigenvalue weighted by Gasteiger charge is 2.15. The fraction of sp³-hybridized carbons (Fsp3) is 0.200. The Morgan fingerprint density at radius 2 is 1.37 bits per heavy atom. The third kappa shape index (κ3) is 4.59. The van der Waals surface area contributed by atoms with Gasteiger partial charge in [-0.05, 0) is 30.4 Å². The smallest absolute Gasteiger partial charge is 0.193 e. The van der Waals surface area contributed by atoms with Gasteiger partial charge in [0.1, 0.15) is 0 Å². The number of benzene rings is 3. The van der Waals surface area contributed by atoms with Gasteiger partial charge >= 0.3 is 0 Å². The summed E-state index contributed by atoms with van der Waals surface area (Å²) in [5, 5.41) is 0. The maximum atomic E-state index is 12.9. The minimum absolute atomic E-state index is 0.0645. The van der Waals surface area contributed by atoms with Gasteiger partial charge in [0.15, 0.2) is 11.6 Å². The van der Waals surface area contributed by atoms with Crippen LogP contribution in [0.1, 0.15) is 57.2 Å². The summed E-state index contributed by atoms with van der Waals surface area (Å²) < 4.78 is 0. The molecule has 0 aromatic heterocycles. The molecule has 3 aromatic carbocycles. The quantitative estimate of drug-likeness (QED) is 0.486. The zero-order valence-electron chi connectivity index (χ0n) is 15.7. The van der Waals surface area contributed by atoms with E-state index in [0.717, 1.165) is 36.0 Å². The van der Waals surface area contributed by atoms with Gasteiger partial charge in [0.25, 0.3) is 0 Å². The van der Waals surface area contributed by atoms with E-state index >= 15 is 0 Å². The summed E-state index contributed by atoms with van der Waals surface area (Å²) in [6.45, 7) is 2.08. The molecule has 0 spiro atoms. The Kier molecular flexibility index (Phi) is 6.32. The lowest BCUT2D eigenvalue weighted by Gasteiger charge is -2.13. The Bertz CT molecular complexity index is 912. The Morgan fingerprint density at radius 1 is 0.741 bits per heavy atom. The number of hydrogen-bond acceptors (Lipinski definition) is 2. The van der Waals surface area contributed by atoms with Crippen molar-refractivity contribution in [2.45, 2.75) is 32.6 Å². The van der Waals surface area contributed by atoms with E-state index in [4.69, 9.17) is 0 Å². The number of Topliss-reactive ketones (excluding diaryl/α,β-unsaturated/α-hetero) is 1. The highest BCUT2D eigenvalue weighted by atomic mass is 16.1. The molecule has 3 aromatic rings. The summed E-state index contributed by atoms with van der Waals surface area (Å²) in [7, 11) is 0. The second-order valence-corrected chi connectivity index (χ2v) is 6.63. The van der Waals surface area contributed by atoms with Gasteiger partial charge in [0.05, 0.1) is 0 Å². The van der Waals surface area contributed by atoms with Gasteiger partial charge in [-0.15, -0.1) is 0 Å². The predicted molar refractivity (Wildman–Crippen MR) is 109 cm³/mol. The summed E-state index contributed by atoms with van der Waals surface area (Å²) in [5.41, 5.74) is 4.51. The van der Waals surface area contributed by atoms with E-state index in [1.807, 2.05) is 72.8 Å². The average molecular weight is 356 g/mol. The zero-order valence-corrected chi connectivity index (χ0v) is 15.7. The van der Waals surface area contributed by atoms with Gasteiger partial charge in [-0.2, -0.15) is 0 Å². The summed E-state index contributed by atoms with van der Waals surface area (Å²) in [6, 6.07) is 24.7. The van der Waals surface area contributed by atoms with Crippen molar-refractivity contribution in [3.8, 4) is 0 Å². The van der Waals surface area contributed by atoms with E-state index in [1.54, 1.807) is 0 Å². The van der Waals surface area contributed by atoms with E-state index in [1.165, 1.54) is 5.56 Å². The first kappa shape index (κ1) is 18.8. The van der Waals surface area contributed by atoms with Crippen LogP contribution in [0.15, 0.2) is 78.9 Å². The van der Waals surface area contributed by atoms with Crippen LogP contribution in [-0.2, 0) is 12.8 Å². The Hall–Kier alpha value is -3.00. The molecule has 27 heavy (non-hydrogen) atoms. The van der Waals surface area contributed by atoms with Crippen molar-refractivity contribution >= 4 is 11.6 Å². The van der Waals surface area contributed by atoms with Crippen LogP contribution in [0.3, 0.4) is 0 Å². The first-order valence-corrected chi connectivity index (χ1v) is 9.49. The van der Waals surface area contributed by atoms with Crippen LogP contribution in [-0.4, -0.2) is 11.6 Å². The lowest BCUT2D eigenvalue weighted by atomic mass is 9.90. The summed E-state index contributed by atoms with van der Waals surface area (Å²) in [6.07, 6.45) is 2.90. The van der Waals surface area contributed by atoms with Crippen molar-refractivity contribution in [3.63, 3.8) is 0 Å². The van der Waals surface area contributed by atoms with Crippen LogP contribution in [0.5, 0.6) is 0 Å². The molecule has 0 N–H and O–H groups in total. The van der Waals surface area contributed by atoms with Gasteiger partial charge < -0.3 is 0 Å². The second kappa shape index (κ2) is 9.09. The van der Waals surface area contributed by atoms with Crippen LogP contribution < -0.4 is 0 Å². The molecule has 0 bridgehead atoms. The molecule has 0 unspecified atom stereocenters. The molecule has 136 valence electrons. The first-order chi connectivity index (χ1) is 13.2. The molecule has 0 radical (unpaired) electrons. The fourth-order valence-electron chi connectivity index (χ4n) is 3.45. The van der Waals surface area contributed by atoms with Crippen molar-refractivity contribution in [3.05, 3.63) is 107 Å². The minimum Gasteiger partial charge on any atom is -0.294 e. The van der Waals surface area contributed by atoms with Crippen molar-refractivity contribution in [2.24, 2.45) is 0 Å². The third-order valence-electron chi connectivity index (χ3n) is 4.85. The number of rotatable bonds is 8. The molecule has 0 saturated carbocycles. The van der Waals surface area contributed by atoms with Crippen LogP contribution in [0.4, 0.5) is 0 Å². The molecule has 0 aliphatic carbocycles. The number of hydrogen-bond donors (Lipinski definition) is 0. The van der Waals surface area contributed by atoms with E-state index < -0.39 is 0 Å². The first-order valence-electron chi connectivity index (χ1n) is 9.49. The van der Waals surface area contributed by atoms with Crippen molar-refractivity contribution < 1.29 is 9.59 Å². The molecule has 0 atom stereocenters. The SMILES string of the molecule is CCc1c(CCCC(=O)c2ccccc2)cccc1C(=O)c1ccccc1. The number of carbonyl (C=O) groups excluding carboxylic acids is 2. The number of aryl methyl sites for hydroxylation is 1. The summed E-state index contributed by atoms with van der Waals surface area (Å²) in [5.74, 6) is 0.236. The van der Waals surface area contributed by atoms with Crippen LogP contribution in [0.25, 0.3) is 0 Å². The minimum atomic E-state index is 0.0645. The third-order valence-corrected chi connectivity index (χ3v) is 4.85. The molecule has 2 heteroatoms. The molecule has 0 fully saturated rings. The highest BCUT2D eigenvalue weighted by molar-refractivity contribution is 6.10. The number of ketones is 2. The monoisotopic (exact) mass is 356 g/mol. The van der Waals surface area contributed by atoms with E-state index in [9.17, 15) is 9.59 Å². The predicted octanol–water partition coefficient (Wildman–Crippen LogP) is 5.69. The van der Waals surface area contributed by atoms with Crippen molar-refractivity contribution in [2.75, 3.05) is 0 Å². The Balaban J connectivity index is 1.73. The topological polar surface area (TPSA) is 34.1 Å². The molecule has 0 heterocycles. The maximum Gasteiger partial charge on any atom is 0.193 e. The molecule has 0 amide bonds. The average Bonchev–Trinajstić information content (AvgIpc) is 2.74. The van der Waals surface area contributed by atoms with Crippen molar-refractivity contribution in [1.29, 1.82) is 0 Å². The lowest BCUT2D eigenvalue weighted by molar-refractivity contribution is 0.0978. The zero-order chi connectivity index (χ0) is 19.1. The fourth-order valence-corrected chi connectivity index (χ4v) is 3.45. The van der Waals surface area contributed by atoms with Crippen LogP contribution in [0.2, 0.25) is 0 Å².